The van der Waals surface area contributed by atoms with Crippen molar-refractivity contribution in [2.45, 2.75) is 20.4 Å². The maximum absolute atomic E-state index is 11.8. The lowest BCUT2D eigenvalue weighted by molar-refractivity contribution is -0.121. The van der Waals surface area contributed by atoms with Crippen LogP contribution in [0.1, 0.15) is 19.4 Å². The van der Waals surface area contributed by atoms with E-state index >= 15 is 0 Å². The molecule has 5 heteroatoms. The number of likely N-dealkylation sites (N-methyl/N-ethyl adjacent to an activating group) is 1. The van der Waals surface area contributed by atoms with E-state index in [1.54, 1.807) is 7.05 Å². The molecule has 0 aliphatic carbocycles. The fourth-order valence-corrected chi connectivity index (χ4v) is 1.57. The highest BCUT2D eigenvalue weighted by Crippen LogP contribution is 1.97. The average molecular weight is 277 g/mol. The van der Waals surface area contributed by atoms with E-state index in [0.717, 1.165) is 5.56 Å². The van der Waals surface area contributed by atoms with Gasteiger partial charge in [-0.05, 0) is 11.5 Å². The van der Waals surface area contributed by atoms with Gasteiger partial charge in [-0.15, -0.1) is 0 Å². The molecule has 0 bridgehead atoms. The van der Waals surface area contributed by atoms with Crippen LogP contribution in [0.4, 0.5) is 4.79 Å². The highest BCUT2D eigenvalue weighted by atomic mass is 16.2. The zero-order valence-corrected chi connectivity index (χ0v) is 12.3. The van der Waals surface area contributed by atoms with Crippen molar-refractivity contribution in [2.75, 3.05) is 20.1 Å². The fourth-order valence-electron chi connectivity index (χ4n) is 1.57. The molecule has 1 rings (SSSR count). The van der Waals surface area contributed by atoms with Gasteiger partial charge in [0, 0.05) is 20.1 Å². The molecule has 2 N–H and O–H groups in total. The van der Waals surface area contributed by atoms with Gasteiger partial charge in [-0.25, -0.2) is 4.79 Å². The van der Waals surface area contributed by atoms with Gasteiger partial charge >= 0.3 is 6.03 Å². The van der Waals surface area contributed by atoms with Gasteiger partial charge in [0.1, 0.15) is 6.54 Å². The standard InChI is InChI=1S/C15H23N3O2/c1-12(2)9-16-14(19)11-18(3)15(20)17-10-13-7-5-4-6-8-13/h4-8,12H,9-11H2,1-3H3,(H,16,19)(H,17,20). The second-order valence-electron chi connectivity index (χ2n) is 5.20. The second-order valence-corrected chi connectivity index (χ2v) is 5.20. The lowest BCUT2D eigenvalue weighted by atomic mass is 10.2. The SMILES string of the molecule is CC(C)CNC(=O)CN(C)C(=O)NCc1ccccc1. The van der Waals surface area contributed by atoms with Crippen molar-refractivity contribution in [3.8, 4) is 0 Å². The Hall–Kier alpha value is -2.04. The summed E-state index contributed by atoms with van der Waals surface area (Å²) in [6.45, 7) is 5.19. The third kappa shape index (κ3) is 6.22. The predicted octanol–water partition coefficient (Wildman–Crippen LogP) is 1.60. The van der Waals surface area contributed by atoms with Crippen LogP contribution in [0.2, 0.25) is 0 Å². The molecule has 0 saturated carbocycles. The van der Waals surface area contributed by atoms with Crippen molar-refractivity contribution in [3.63, 3.8) is 0 Å². The van der Waals surface area contributed by atoms with Gasteiger partial charge in [0.05, 0.1) is 0 Å². The quantitative estimate of drug-likeness (QED) is 0.829. The van der Waals surface area contributed by atoms with Crippen LogP contribution in [0.5, 0.6) is 0 Å². The minimum absolute atomic E-state index is 0.0628. The molecular formula is C15H23N3O2. The van der Waals surface area contributed by atoms with Gasteiger partial charge in [-0.3, -0.25) is 4.79 Å². The number of carbonyl (C=O) groups excluding carboxylic acids is 2. The van der Waals surface area contributed by atoms with Gasteiger partial charge < -0.3 is 15.5 Å². The Morgan fingerprint density at radius 3 is 2.40 bits per heavy atom. The van der Waals surface area contributed by atoms with Crippen molar-refractivity contribution in [1.82, 2.24) is 15.5 Å². The van der Waals surface area contributed by atoms with E-state index < -0.39 is 0 Å². The normalized spacial score (nSPS) is 10.2. The highest BCUT2D eigenvalue weighted by molar-refractivity contribution is 5.83. The second kappa shape index (κ2) is 8.19. The first-order valence-corrected chi connectivity index (χ1v) is 6.78. The Morgan fingerprint density at radius 2 is 1.80 bits per heavy atom. The lowest BCUT2D eigenvalue weighted by Gasteiger charge is -2.18. The van der Waals surface area contributed by atoms with Crippen LogP contribution in [0.25, 0.3) is 0 Å². The van der Waals surface area contributed by atoms with Crippen LogP contribution in [-0.4, -0.2) is 37.0 Å². The molecule has 0 aliphatic heterocycles. The molecule has 0 aliphatic rings. The van der Waals surface area contributed by atoms with Crippen molar-refractivity contribution in [2.24, 2.45) is 5.92 Å². The molecule has 0 aromatic heterocycles. The van der Waals surface area contributed by atoms with Crippen LogP contribution in [-0.2, 0) is 11.3 Å². The molecule has 0 atom stereocenters. The van der Waals surface area contributed by atoms with Crippen LogP contribution >= 0.6 is 0 Å². The third-order valence-corrected chi connectivity index (χ3v) is 2.72. The predicted molar refractivity (Wildman–Crippen MR) is 79.2 cm³/mol. The molecule has 5 nitrogen and oxygen atoms in total. The van der Waals surface area contributed by atoms with E-state index in [4.69, 9.17) is 0 Å². The Bertz CT molecular complexity index is 432. The first-order chi connectivity index (χ1) is 9.49. The van der Waals surface area contributed by atoms with Crippen molar-refractivity contribution >= 4 is 11.9 Å². The van der Waals surface area contributed by atoms with Crippen molar-refractivity contribution in [1.29, 1.82) is 0 Å². The molecule has 110 valence electrons. The Morgan fingerprint density at radius 1 is 1.15 bits per heavy atom. The number of amides is 3. The largest absolute Gasteiger partial charge is 0.354 e. The first-order valence-electron chi connectivity index (χ1n) is 6.78. The maximum atomic E-state index is 11.8. The van der Waals surface area contributed by atoms with Gasteiger partial charge in [-0.1, -0.05) is 44.2 Å². The van der Waals surface area contributed by atoms with E-state index in [1.807, 2.05) is 44.2 Å². The van der Waals surface area contributed by atoms with Gasteiger partial charge in [0.25, 0.3) is 0 Å². The van der Waals surface area contributed by atoms with Crippen LogP contribution in [0, 0.1) is 5.92 Å². The summed E-state index contributed by atoms with van der Waals surface area (Å²) >= 11 is 0. The summed E-state index contributed by atoms with van der Waals surface area (Å²) < 4.78 is 0. The highest BCUT2D eigenvalue weighted by Gasteiger charge is 2.12. The molecule has 0 unspecified atom stereocenters. The van der Waals surface area contributed by atoms with Gasteiger partial charge in [0.2, 0.25) is 5.91 Å². The fraction of sp³-hybridized carbons (Fsp3) is 0.467. The Labute approximate surface area is 120 Å². The van der Waals surface area contributed by atoms with Gasteiger partial charge in [0.15, 0.2) is 0 Å². The van der Waals surface area contributed by atoms with Crippen LogP contribution in [0.15, 0.2) is 30.3 Å². The van der Waals surface area contributed by atoms with Crippen molar-refractivity contribution < 1.29 is 9.59 Å². The van der Waals surface area contributed by atoms with Gasteiger partial charge in [-0.2, -0.15) is 0 Å². The van der Waals surface area contributed by atoms with E-state index in [-0.39, 0.29) is 18.5 Å². The Kier molecular flexibility index (Phi) is 6.56. The number of urea groups is 1. The summed E-state index contributed by atoms with van der Waals surface area (Å²) in [4.78, 5) is 24.8. The van der Waals surface area contributed by atoms with Crippen LogP contribution in [0.3, 0.4) is 0 Å². The molecule has 20 heavy (non-hydrogen) atoms. The summed E-state index contributed by atoms with van der Waals surface area (Å²) in [7, 11) is 1.61. The van der Waals surface area contributed by atoms with Crippen LogP contribution < -0.4 is 10.6 Å². The number of nitrogens with one attached hydrogen (secondary N) is 2. The summed E-state index contributed by atoms with van der Waals surface area (Å²) in [5.74, 6) is 0.257. The van der Waals surface area contributed by atoms with E-state index in [2.05, 4.69) is 10.6 Å². The number of carbonyl (C=O) groups is 2. The molecule has 3 amide bonds. The Balaban J connectivity index is 2.30. The zero-order chi connectivity index (χ0) is 15.0. The van der Waals surface area contributed by atoms with E-state index in [9.17, 15) is 9.59 Å². The molecule has 0 spiro atoms. The minimum Gasteiger partial charge on any atom is -0.354 e. The molecular weight excluding hydrogens is 254 g/mol. The topological polar surface area (TPSA) is 61.4 Å². The average Bonchev–Trinajstić information content (AvgIpc) is 2.43. The number of rotatable bonds is 6. The minimum atomic E-state index is -0.256. The summed E-state index contributed by atoms with van der Waals surface area (Å²) in [5, 5.41) is 5.56. The number of hydrogen-bond acceptors (Lipinski definition) is 2. The lowest BCUT2D eigenvalue weighted by Crippen LogP contribution is -2.43. The molecule has 1 aromatic rings. The monoisotopic (exact) mass is 277 g/mol. The van der Waals surface area contributed by atoms with Crippen molar-refractivity contribution in [3.05, 3.63) is 35.9 Å². The smallest absolute Gasteiger partial charge is 0.317 e. The van der Waals surface area contributed by atoms with E-state index in [0.29, 0.717) is 19.0 Å². The molecule has 0 fully saturated rings. The summed E-state index contributed by atoms with van der Waals surface area (Å²) in [6, 6.07) is 9.39. The molecule has 0 radical (unpaired) electrons. The molecule has 0 heterocycles. The third-order valence-electron chi connectivity index (χ3n) is 2.72. The van der Waals surface area contributed by atoms with E-state index in [1.165, 1.54) is 4.90 Å². The molecule has 1 aromatic carbocycles. The number of benzene rings is 1. The molecule has 0 saturated heterocycles. The number of hydrogen-bond donors (Lipinski definition) is 2. The maximum Gasteiger partial charge on any atom is 0.317 e. The zero-order valence-electron chi connectivity index (χ0n) is 12.3. The first kappa shape index (κ1) is 16.0. The summed E-state index contributed by atoms with van der Waals surface area (Å²) in [5.41, 5.74) is 1.03. The summed E-state index contributed by atoms with van der Waals surface area (Å²) in [6.07, 6.45) is 0. The number of nitrogens with zero attached hydrogens (tertiary/aromatic N) is 1.